The summed E-state index contributed by atoms with van der Waals surface area (Å²) in [5.74, 6) is -5.20. The number of esters is 3. The monoisotopic (exact) mass is 365 g/mol. The van der Waals surface area contributed by atoms with Gasteiger partial charge in [0.25, 0.3) is 0 Å². The molecule has 1 N–H and O–H groups in total. The number of carbonyl (C=O) groups is 5. The largest absolute Gasteiger partial charge is 0.458 e. The van der Waals surface area contributed by atoms with E-state index in [0.29, 0.717) is 6.42 Å². The lowest BCUT2D eigenvalue weighted by molar-refractivity contribution is -0.169. The lowest BCUT2D eigenvalue weighted by Gasteiger charge is -2.30. The first kappa shape index (κ1) is 18.1. The molecule has 2 aliphatic carbocycles. The van der Waals surface area contributed by atoms with Gasteiger partial charge in [0.1, 0.15) is 12.2 Å². The molecule has 2 bridgehead atoms. The predicted molar refractivity (Wildman–Crippen MR) is 82.9 cm³/mol. The number of amides is 2. The van der Waals surface area contributed by atoms with Gasteiger partial charge in [-0.05, 0) is 13.3 Å². The Labute approximate surface area is 149 Å². The smallest absolute Gasteiger partial charge is 0.344 e. The van der Waals surface area contributed by atoms with Crippen LogP contribution in [0.25, 0.3) is 0 Å². The van der Waals surface area contributed by atoms with Gasteiger partial charge in [-0.15, -0.1) is 0 Å². The first-order chi connectivity index (χ1) is 12.2. The van der Waals surface area contributed by atoms with E-state index in [9.17, 15) is 24.0 Å². The molecule has 6 atom stereocenters. The van der Waals surface area contributed by atoms with Crippen LogP contribution in [-0.2, 0) is 38.2 Å². The lowest BCUT2D eigenvalue weighted by atomic mass is 9.78. The maximum Gasteiger partial charge on any atom is 0.344 e. The van der Waals surface area contributed by atoms with E-state index in [0.717, 1.165) is 0 Å². The summed E-state index contributed by atoms with van der Waals surface area (Å²) in [6, 6.07) is 0. The van der Waals surface area contributed by atoms with Crippen molar-refractivity contribution in [2.24, 2.45) is 23.7 Å². The summed E-state index contributed by atoms with van der Waals surface area (Å²) < 4.78 is 15.4. The number of rotatable bonds is 5. The van der Waals surface area contributed by atoms with Gasteiger partial charge in [-0.2, -0.15) is 0 Å². The van der Waals surface area contributed by atoms with Crippen molar-refractivity contribution in [1.29, 1.82) is 0 Å². The zero-order valence-corrected chi connectivity index (χ0v) is 14.4. The molecule has 0 aromatic carbocycles. The Morgan fingerprint density at radius 1 is 1.23 bits per heavy atom. The van der Waals surface area contributed by atoms with Gasteiger partial charge in [0.2, 0.25) is 11.8 Å². The number of ether oxygens (including phenoxy) is 3. The van der Waals surface area contributed by atoms with Crippen molar-refractivity contribution in [1.82, 2.24) is 5.32 Å². The van der Waals surface area contributed by atoms with Gasteiger partial charge >= 0.3 is 17.9 Å². The van der Waals surface area contributed by atoms with Crippen molar-refractivity contribution >= 4 is 29.7 Å². The minimum absolute atomic E-state index is 0.145. The minimum atomic E-state index is -0.804. The van der Waals surface area contributed by atoms with E-state index in [1.165, 1.54) is 13.8 Å². The number of fused-ring (bicyclic) bond motifs is 1. The number of nitrogens with one attached hydrogen (secondary N) is 1. The first-order valence-electron chi connectivity index (χ1n) is 8.24. The number of hydrogen-bond acceptors (Lipinski definition) is 8. The number of hydrogen-bond donors (Lipinski definition) is 1. The first-order valence-corrected chi connectivity index (χ1v) is 8.24. The molecule has 0 aromatic heterocycles. The van der Waals surface area contributed by atoms with Gasteiger partial charge in [0.05, 0.1) is 11.8 Å². The van der Waals surface area contributed by atoms with Crippen molar-refractivity contribution in [3.63, 3.8) is 0 Å². The fourth-order valence-electron chi connectivity index (χ4n) is 4.20. The maximum absolute atomic E-state index is 12.3. The molecule has 3 rings (SSSR count). The molecule has 1 saturated heterocycles. The van der Waals surface area contributed by atoms with E-state index >= 15 is 0 Å². The fourth-order valence-corrected chi connectivity index (χ4v) is 4.20. The average molecular weight is 365 g/mol. The van der Waals surface area contributed by atoms with Crippen molar-refractivity contribution in [3.05, 3.63) is 12.2 Å². The van der Waals surface area contributed by atoms with Crippen molar-refractivity contribution in [3.8, 4) is 0 Å². The molecule has 0 aromatic rings. The quantitative estimate of drug-likeness (QED) is 0.392. The van der Waals surface area contributed by atoms with Gasteiger partial charge in [0.15, 0.2) is 6.61 Å². The van der Waals surface area contributed by atoms with Crippen LogP contribution >= 0.6 is 0 Å². The van der Waals surface area contributed by atoms with Crippen LogP contribution in [0.4, 0.5) is 0 Å². The second-order valence-corrected chi connectivity index (χ2v) is 6.87. The van der Waals surface area contributed by atoms with Crippen LogP contribution in [0.15, 0.2) is 12.2 Å². The maximum atomic E-state index is 12.3. The van der Waals surface area contributed by atoms with Crippen LogP contribution in [0.1, 0.15) is 20.3 Å². The van der Waals surface area contributed by atoms with Gasteiger partial charge < -0.3 is 14.2 Å². The molecule has 2 saturated carbocycles. The molecular weight excluding hydrogens is 346 g/mol. The van der Waals surface area contributed by atoms with Crippen LogP contribution in [0.2, 0.25) is 0 Å². The van der Waals surface area contributed by atoms with E-state index in [1.807, 2.05) is 0 Å². The van der Waals surface area contributed by atoms with Crippen LogP contribution < -0.4 is 5.32 Å². The van der Waals surface area contributed by atoms with Gasteiger partial charge in [-0.3, -0.25) is 19.7 Å². The third kappa shape index (κ3) is 2.97. The van der Waals surface area contributed by atoms with Crippen LogP contribution in [0, 0.1) is 23.7 Å². The van der Waals surface area contributed by atoms with Gasteiger partial charge in [0, 0.05) is 24.3 Å². The Bertz CT molecular complexity index is 714. The third-order valence-electron chi connectivity index (χ3n) is 5.09. The van der Waals surface area contributed by atoms with Crippen molar-refractivity contribution in [2.75, 3.05) is 6.61 Å². The highest BCUT2D eigenvalue weighted by Gasteiger charge is 2.69. The fraction of sp³-hybridized carbons (Fsp3) is 0.588. The van der Waals surface area contributed by atoms with Crippen LogP contribution in [-0.4, -0.2) is 48.5 Å². The molecule has 6 unspecified atom stereocenters. The standard InChI is InChI=1S/C17H19NO8/c1-6(2)16(22)24-5-10(20)25-13-8-4-9-12(17(23)26-14(9)13)11(8)15(21)18-7(3)19/h8-9,11-14H,1,4-5H2,2-3H3,(H,18,19,21). The summed E-state index contributed by atoms with van der Waals surface area (Å²) >= 11 is 0. The summed E-state index contributed by atoms with van der Waals surface area (Å²) in [6.45, 7) is 5.45. The van der Waals surface area contributed by atoms with E-state index in [2.05, 4.69) is 11.9 Å². The van der Waals surface area contributed by atoms with E-state index in [4.69, 9.17) is 14.2 Å². The Morgan fingerprint density at radius 3 is 2.54 bits per heavy atom. The zero-order chi connectivity index (χ0) is 19.2. The summed E-state index contributed by atoms with van der Waals surface area (Å²) in [5, 5.41) is 2.19. The summed E-state index contributed by atoms with van der Waals surface area (Å²) in [6.07, 6.45) is -0.929. The highest BCUT2D eigenvalue weighted by molar-refractivity contribution is 5.98. The highest BCUT2D eigenvalue weighted by atomic mass is 16.6. The van der Waals surface area contributed by atoms with Gasteiger partial charge in [-0.25, -0.2) is 9.59 Å². The second-order valence-electron chi connectivity index (χ2n) is 6.87. The SMILES string of the molecule is C=C(C)C(=O)OCC(=O)OC1C2CC3C1OC(=O)C3C2C(=O)NC(C)=O. The molecule has 140 valence electrons. The lowest BCUT2D eigenvalue weighted by Crippen LogP contribution is -2.47. The number of carbonyl (C=O) groups excluding carboxylic acids is 5. The van der Waals surface area contributed by atoms with E-state index in [-0.39, 0.29) is 11.5 Å². The topological polar surface area (TPSA) is 125 Å². The Balaban J connectivity index is 1.69. The minimum Gasteiger partial charge on any atom is -0.458 e. The zero-order valence-electron chi connectivity index (χ0n) is 14.4. The molecule has 0 spiro atoms. The van der Waals surface area contributed by atoms with Crippen LogP contribution in [0.5, 0.6) is 0 Å². The molecule has 9 nitrogen and oxygen atoms in total. The van der Waals surface area contributed by atoms with E-state index < -0.39 is 66.3 Å². The van der Waals surface area contributed by atoms with Crippen molar-refractivity contribution in [2.45, 2.75) is 32.5 Å². The number of imide groups is 1. The molecular formula is C17H19NO8. The average Bonchev–Trinajstić information content (AvgIpc) is 3.15. The summed E-state index contributed by atoms with van der Waals surface area (Å²) in [5.41, 5.74) is 0.145. The van der Waals surface area contributed by atoms with E-state index in [1.54, 1.807) is 0 Å². The Hall–Kier alpha value is -2.71. The molecule has 9 heteroatoms. The van der Waals surface area contributed by atoms with Crippen molar-refractivity contribution < 1.29 is 38.2 Å². The molecule has 26 heavy (non-hydrogen) atoms. The Kier molecular flexibility index (Phi) is 4.55. The highest BCUT2D eigenvalue weighted by Crippen LogP contribution is 2.58. The molecule has 3 fully saturated rings. The van der Waals surface area contributed by atoms with Gasteiger partial charge in [-0.1, -0.05) is 6.58 Å². The molecule has 0 radical (unpaired) electrons. The summed E-state index contributed by atoms with van der Waals surface area (Å²) in [4.78, 5) is 59.0. The van der Waals surface area contributed by atoms with Crippen LogP contribution in [0.3, 0.4) is 0 Å². The molecule has 2 amide bonds. The molecule has 1 heterocycles. The third-order valence-corrected chi connectivity index (χ3v) is 5.09. The summed E-state index contributed by atoms with van der Waals surface area (Å²) in [7, 11) is 0. The molecule has 3 aliphatic rings. The predicted octanol–water partition coefficient (Wildman–Crippen LogP) is -0.512. The molecule has 1 aliphatic heterocycles. The Morgan fingerprint density at radius 2 is 1.92 bits per heavy atom. The normalized spacial score (nSPS) is 33.4. The second kappa shape index (κ2) is 6.54.